The predicted molar refractivity (Wildman–Crippen MR) is 35.5 cm³/mol. The van der Waals surface area contributed by atoms with E-state index in [1.165, 1.54) is 0 Å². The van der Waals surface area contributed by atoms with Crippen molar-refractivity contribution in [3.63, 3.8) is 0 Å². The first-order valence-electron chi connectivity index (χ1n) is 3.02. The topological polar surface area (TPSA) is 69.6 Å². The SMILES string of the molecule is CCC(C)C(O)OS(=O)[O-].[K+]. The largest absolute Gasteiger partial charge is 1.00 e. The number of hydrogen-bond acceptors (Lipinski definition) is 4. The normalized spacial score (nSPS) is 18.2. The third kappa shape index (κ3) is 8.01. The summed E-state index contributed by atoms with van der Waals surface area (Å²) < 4.78 is 23.8. The molecule has 4 nitrogen and oxygen atoms in total. The third-order valence-electron chi connectivity index (χ3n) is 1.31. The molecule has 0 aromatic carbocycles. The zero-order valence-corrected chi connectivity index (χ0v) is 10.9. The Morgan fingerprint density at radius 1 is 1.73 bits per heavy atom. The van der Waals surface area contributed by atoms with E-state index < -0.39 is 17.7 Å². The Bertz CT molecular complexity index is 121. The molecule has 3 unspecified atom stereocenters. The second-order valence-electron chi connectivity index (χ2n) is 2.08. The number of aliphatic hydroxyl groups excluding tert-OH is 1. The van der Waals surface area contributed by atoms with Crippen LogP contribution in [-0.4, -0.2) is 20.2 Å². The maximum absolute atomic E-state index is 9.85. The molecule has 0 saturated carbocycles. The summed E-state index contributed by atoms with van der Waals surface area (Å²) in [6, 6.07) is 0. The van der Waals surface area contributed by atoms with Crippen molar-refractivity contribution in [2.45, 2.75) is 26.6 Å². The molecule has 0 aromatic rings. The van der Waals surface area contributed by atoms with Gasteiger partial charge in [0.1, 0.15) is 0 Å². The van der Waals surface area contributed by atoms with E-state index in [0.717, 1.165) is 0 Å². The Hall–Kier alpha value is 1.67. The van der Waals surface area contributed by atoms with E-state index in [1.54, 1.807) is 6.92 Å². The molecule has 0 aromatic heterocycles. The first-order chi connectivity index (χ1) is 4.57. The van der Waals surface area contributed by atoms with Crippen LogP contribution >= 0.6 is 0 Å². The van der Waals surface area contributed by atoms with Gasteiger partial charge in [-0.05, 0) is 6.42 Å². The Kier molecular flexibility index (Phi) is 11.4. The second-order valence-corrected chi connectivity index (χ2v) is 2.68. The molecule has 0 saturated heterocycles. The molecule has 0 fully saturated rings. The van der Waals surface area contributed by atoms with Gasteiger partial charge in [-0.2, -0.15) is 0 Å². The summed E-state index contributed by atoms with van der Waals surface area (Å²) in [7, 11) is 0. The third-order valence-corrected chi connectivity index (χ3v) is 1.66. The van der Waals surface area contributed by atoms with Crippen molar-refractivity contribution in [1.82, 2.24) is 0 Å². The van der Waals surface area contributed by atoms with Crippen molar-refractivity contribution in [3.05, 3.63) is 0 Å². The Balaban J connectivity index is 0. The van der Waals surface area contributed by atoms with Crippen LogP contribution in [0.3, 0.4) is 0 Å². The molecule has 0 amide bonds. The molecular formula is C5H11KO4S. The summed E-state index contributed by atoms with van der Waals surface area (Å²) in [6.45, 7) is 3.54. The first-order valence-corrected chi connectivity index (χ1v) is 4.02. The quantitative estimate of drug-likeness (QED) is 0.306. The zero-order valence-electron chi connectivity index (χ0n) is 6.94. The van der Waals surface area contributed by atoms with E-state index >= 15 is 0 Å². The Morgan fingerprint density at radius 2 is 2.18 bits per heavy atom. The molecule has 6 heteroatoms. The van der Waals surface area contributed by atoms with Crippen LogP contribution in [0.15, 0.2) is 0 Å². The first kappa shape index (κ1) is 15.2. The van der Waals surface area contributed by atoms with E-state index in [9.17, 15) is 8.76 Å². The van der Waals surface area contributed by atoms with Crippen LogP contribution in [0.2, 0.25) is 0 Å². The molecule has 0 bridgehead atoms. The summed E-state index contributed by atoms with van der Waals surface area (Å²) in [6.07, 6.45) is -0.526. The van der Waals surface area contributed by atoms with Crippen LogP contribution in [-0.2, 0) is 15.5 Å². The minimum atomic E-state index is -2.62. The van der Waals surface area contributed by atoms with Crippen molar-refractivity contribution in [2.75, 3.05) is 0 Å². The maximum Gasteiger partial charge on any atom is 1.00 e. The molecule has 0 heterocycles. The van der Waals surface area contributed by atoms with Crippen LogP contribution in [0.5, 0.6) is 0 Å². The summed E-state index contributed by atoms with van der Waals surface area (Å²) in [5.41, 5.74) is 0. The van der Waals surface area contributed by atoms with Gasteiger partial charge >= 0.3 is 51.4 Å². The van der Waals surface area contributed by atoms with Gasteiger partial charge in [0.25, 0.3) is 0 Å². The van der Waals surface area contributed by atoms with Gasteiger partial charge in [0.15, 0.2) is 6.29 Å². The van der Waals surface area contributed by atoms with E-state index in [1.807, 2.05) is 6.92 Å². The minimum Gasteiger partial charge on any atom is -0.750 e. The molecule has 1 N–H and O–H groups in total. The average Bonchev–Trinajstić information content (AvgIpc) is 1.85. The van der Waals surface area contributed by atoms with Crippen molar-refractivity contribution in [3.8, 4) is 0 Å². The Morgan fingerprint density at radius 3 is 2.45 bits per heavy atom. The van der Waals surface area contributed by atoms with Crippen molar-refractivity contribution >= 4 is 11.4 Å². The van der Waals surface area contributed by atoms with E-state index in [0.29, 0.717) is 6.42 Å². The monoisotopic (exact) mass is 206 g/mol. The maximum atomic E-state index is 9.85. The second kappa shape index (κ2) is 8.27. The van der Waals surface area contributed by atoms with Crippen LogP contribution < -0.4 is 51.4 Å². The summed E-state index contributed by atoms with van der Waals surface area (Å²) in [5.74, 6) is -0.155. The fraction of sp³-hybridized carbons (Fsp3) is 1.00. The van der Waals surface area contributed by atoms with Crippen molar-refractivity contribution in [1.29, 1.82) is 0 Å². The molecule has 0 aliphatic heterocycles. The van der Waals surface area contributed by atoms with Crippen LogP contribution in [0.1, 0.15) is 20.3 Å². The minimum absolute atomic E-state index is 0. The van der Waals surface area contributed by atoms with E-state index in [-0.39, 0.29) is 57.3 Å². The fourth-order valence-electron chi connectivity index (χ4n) is 0.377. The van der Waals surface area contributed by atoms with Crippen LogP contribution in [0, 0.1) is 5.92 Å². The molecule has 0 spiro atoms. The number of aliphatic hydroxyl groups is 1. The molecule has 0 rings (SSSR count). The van der Waals surface area contributed by atoms with Gasteiger partial charge in [-0.1, -0.05) is 13.8 Å². The van der Waals surface area contributed by atoms with E-state index in [4.69, 9.17) is 5.11 Å². The summed E-state index contributed by atoms with van der Waals surface area (Å²) >= 11 is -2.62. The molecular weight excluding hydrogens is 195 g/mol. The van der Waals surface area contributed by atoms with Crippen LogP contribution in [0.4, 0.5) is 0 Å². The fourth-order valence-corrected chi connectivity index (χ4v) is 0.728. The van der Waals surface area contributed by atoms with Gasteiger partial charge in [-0.3, -0.25) is 4.18 Å². The van der Waals surface area contributed by atoms with Crippen molar-refractivity contribution in [2.24, 2.45) is 5.92 Å². The van der Waals surface area contributed by atoms with Gasteiger partial charge < -0.3 is 9.66 Å². The standard InChI is InChI=1S/C5H12O4S.K/c1-3-4(2)5(6)9-10(7)8;/h4-6H,3H2,1-2H3,(H,7,8);/q;+1/p-1. The summed E-state index contributed by atoms with van der Waals surface area (Å²) in [5, 5.41) is 8.87. The van der Waals surface area contributed by atoms with Gasteiger partial charge in [0.05, 0.1) is 11.4 Å². The van der Waals surface area contributed by atoms with E-state index in [2.05, 4.69) is 4.18 Å². The molecule has 3 atom stereocenters. The van der Waals surface area contributed by atoms with Crippen LogP contribution in [0.25, 0.3) is 0 Å². The van der Waals surface area contributed by atoms with Crippen molar-refractivity contribution < 1.29 is 69.4 Å². The predicted octanol–water partition coefficient (Wildman–Crippen LogP) is -2.83. The molecule has 62 valence electrons. The molecule has 0 aliphatic rings. The van der Waals surface area contributed by atoms with Gasteiger partial charge in [0.2, 0.25) is 0 Å². The average molecular weight is 206 g/mol. The zero-order chi connectivity index (χ0) is 8.15. The smallest absolute Gasteiger partial charge is 0.750 e. The molecule has 11 heavy (non-hydrogen) atoms. The number of hydrogen-bond donors (Lipinski definition) is 1. The summed E-state index contributed by atoms with van der Waals surface area (Å²) in [4.78, 5) is 0. The molecule has 0 aliphatic carbocycles. The number of rotatable bonds is 4. The molecule has 0 radical (unpaired) electrons. The van der Waals surface area contributed by atoms with Gasteiger partial charge in [0, 0.05) is 5.92 Å². The Labute approximate surface area is 112 Å². The van der Waals surface area contributed by atoms with Gasteiger partial charge in [-0.15, -0.1) is 0 Å². The van der Waals surface area contributed by atoms with Gasteiger partial charge in [-0.25, -0.2) is 4.21 Å².